The molecule has 1 saturated carbocycles. The van der Waals surface area contributed by atoms with E-state index < -0.39 is 0 Å². The molecule has 2 aliphatic rings. The third kappa shape index (κ3) is 3.42. The number of hydrogen-bond acceptors (Lipinski definition) is 5. The van der Waals surface area contributed by atoms with E-state index in [4.69, 9.17) is 0 Å². The molecule has 25 heavy (non-hydrogen) atoms. The van der Waals surface area contributed by atoms with Crippen LogP contribution >= 0.6 is 0 Å². The molecule has 1 aliphatic carbocycles. The Labute approximate surface area is 146 Å². The van der Waals surface area contributed by atoms with Gasteiger partial charge in [-0.05, 0) is 18.8 Å². The van der Waals surface area contributed by atoms with Crippen molar-refractivity contribution < 1.29 is 4.79 Å². The Balaban J connectivity index is 1.36. The van der Waals surface area contributed by atoms with Gasteiger partial charge in [0.15, 0.2) is 0 Å². The molecule has 0 bridgehead atoms. The molecule has 2 amide bonds. The average molecular weight is 341 g/mol. The summed E-state index contributed by atoms with van der Waals surface area (Å²) in [4.78, 5) is 29.6. The molecule has 2 fully saturated rings. The van der Waals surface area contributed by atoms with Crippen molar-refractivity contribution in [2.75, 3.05) is 31.1 Å². The molecular formula is C17H23N7O. The van der Waals surface area contributed by atoms with Crippen molar-refractivity contribution in [3.8, 4) is 0 Å². The third-order valence-corrected chi connectivity index (χ3v) is 4.95. The van der Waals surface area contributed by atoms with Gasteiger partial charge in [-0.25, -0.2) is 14.8 Å². The first-order chi connectivity index (χ1) is 12.2. The van der Waals surface area contributed by atoms with Crippen LogP contribution in [0.1, 0.15) is 24.7 Å². The molecule has 1 N–H and O–H groups in total. The Morgan fingerprint density at radius 3 is 2.56 bits per heavy atom. The summed E-state index contributed by atoms with van der Waals surface area (Å²) in [5.41, 5.74) is 0. The van der Waals surface area contributed by atoms with Crippen molar-refractivity contribution >= 4 is 11.8 Å². The fourth-order valence-electron chi connectivity index (χ4n) is 3.32. The second kappa shape index (κ2) is 6.70. The van der Waals surface area contributed by atoms with Crippen molar-refractivity contribution in [3.63, 3.8) is 0 Å². The van der Waals surface area contributed by atoms with Gasteiger partial charge in [0.25, 0.3) is 0 Å². The average Bonchev–Trinajstić information content (AvgIpc) is 3.41. The minimum absolute atomic E-state index is 0.00121. The van der Waals surface area contributed by atoms with Crippen LogP contribution in [0.5, 0.6) is 0 Å². The van der Waals surface area contributed by atoms with Crippen LogP contribution in [0.15, 0.2) is 31.0 Å². The number of hydrogen-bond donors (Lipinski definition) is 1. The number of piperazine rings is 1. The Bertz CT molecular complexity index is 720. The molecule has 8 heteroatoms. The molecule has 0 aromatic carbocycles. The van der Waals surface area contributed by atoms with Crippen LogP contribution in [0.2, 0.25) is 0 Å². The lowest BCUT2D eigenvalue weighted by atomic mass is 10.1. The molecule has 0 radical (unpaired) electrons. The summed E-state index contributed by atoms with van der Waals surface area (Å²) >= 11 is 0. The summed E-state index contributed by atoms with van der Waals surface area (Å²) in [5, 5.41) is 3.20. The molecule has 1 atom stereocenters. The summed E-state index contributed by atoms with van der Waals surface area (Å²) in [7, 11) is 1.98. The van der Waals surface area contributed by atoms with Gasteiger partial charge in [-0.2, -0.15) is 0 Å². The number of anilines is 1. The van der Waals surface area contributed by atoms with E-state index in [1.54, 1.807) is 24.8 Å². The van der Waals surface area contributed by atoms with E-state index in [1.165, 1.54) is 0 Å². The van der Waals surface area contributed by atoms with E-state index in [2.05, 4.69) is 25.2 Å². The van der Waals surface area contributed by atoms with Crippen LogP contribution in [0, 0.1) is 5.92 Å². The number of nitrogens with one attached hydrogen (secondary N) is 1. The molecule has 8 nitrogen and oxygen atoms in total. The van der Waals surface area contributed by atoms with Crippen molar-refractivity contribution in [1.29, 1.82) is 0 Å². The van der Waals surface area contributed by atoms with Gasteiger partial charge in [-0.1, -0.05) is 0 Å². The zero-order valence-electron chi connectivity index (χ0n) is 14.4. The lowest BCUT2D eigenvalue weighted by molar-refractivity contribution is 0.188. The molecule has 1 aliphatic heterocycles. The molecule has 1 saturated heterocycles. The molecule has 132 valence electrons. The smallest absolute Gasteiger partial charge is 0.318 e. The number of carbonyl (C=O) groups is 1. The number of imidazole rings is 1. The number of amides is 2. The van der Waals surface area contributed by atoms with E-state index in [0.29, 0.717) is 19.0 Å². The Kier molecular flexibility index (Phi) is 4.25. The number of aryl methyl sites for hydroxylation is 1. The lowest BCUT2D eigenvalue weighted by Gasteiger charge is -2.36. The van der Waals surface area contributed by atoms with Crippen molar-refractivity contribution in [2.45, 2.75) is 18.9 Å². The number of nitrogens with zero attached hydrogens (tertiary/aromatic N) is 6. The topological polar surface area (TPSA) is 79.2 Å². The summed E-state index contributed by atoms with van der Waals surface area (Å²) in [6.07, 6.45) is 11.1. The first kappa shape index (κ1) is 15.9. The van der Waals surface area contributed by atoms with Crippen LogP contribution in [-0.4, -0.2) is 56.6 Å². The standard InChI is InChI=1S/C17H23N7O/c1-22-7-6-20-16(22)15(13-2-3-13)21-17(25)24-10-8-23(9-11-24)14-12-18-4-5-19-14/h4-7,12-13,15H,2-3,8-11H2,1H3,(H,21,25)/t15-/m1/s1. The van der Waals surface area contributed by atoms with Gasteiger partial charge in [0.1, 0.15) is 11.6 Å². The maximum atomic E-state index is 12.7. The van der Waals surface area contributed by atoms with Gasteiger partial charge in [-0.15, -0.1) is 0 Å². The monoisotopic (exact) mass is 341 g/mol. The van der Waals surface area contributed by atoms with Gasteiger partial charge >= 0.3 is 6.03 Å². The van der Waals surface area contributed by atoms with Crippen LogP contribution < -0.4 is 10.2 Å². The highest BCUT2D eigenvalue weighted by atomic mass is 16.2. The second-order valence-corrected chi connectivity index (χ2v) is 6.70. The number of aromatic nitrogens is 4. The highest BCUT2D eigenvalue weighted by Gasteiger charge is 2.36. The van der Waals surface area contributed by atoms with Crippen molar-refractivity contribution in [3.05, 3.63) is 36.8 Å². The maximum absolute atomic E-state index is 12.7. The fourth-order valence-corrected chi connectivity index (χ4v) is 3.32. The van der Waals surface area contributed by atoms with E-state index in [0.717, 1.165) is 37.6 Å². The first-order valence-corrected chi connectivity index (χ1v) is 8.76. The minimum Gasteiger partial charge on any atom is -0.352 e. The van der Waals surface area contributed by atoms with Gasteiger partial charge in [-0.3, -0.25) is 4.98 Å². The maximum Gasteiger partial charge on any atom is 0.318 e. The quantitative estimate of drug-likeness (QED) is 0.904. The van der Waals surface area contributed by atoms with Gasteiger partial charge in [0.2, 0.25) is 0 Å². The number of rotatable bonds is 4. The lowest BCUT2D eigenvalue weighted by Crippen LogP contribution is -2.52. The first-order valence-electron chi connectivity index (χ1n) is 8.76. The number of urea groups is 1. The van der Waals surface area contributed by atoms with Crippen LogP contribution in [-0.2, 0) is 7.05 Å². The SMILES string of the molecule is Cn1ccnc1[C@H](NC(=O)N1CCN(c2cnccn2)CC1)C1CC1. The zero-order chi connectivity index (χ0) is 17.2. The molecule has 0 spiro atoms. The zero-order valence-corrected chi connectivity index (χ0v) is 14.4. The van der Waals surface area contributed by atoms with Gasteiger partial charge in [0.05, 0.1) is 12.2 Å². The molecular weight excluding hydrogens is 318 g/mol. The molecule has 4 rings (SSSR count). The highest BCUT2D eigenvalue weighted by Crippen LogP contribution is 2.40. The van der Waals surface area contributed by atoms with E-state index in [1.807, 2.05) is 22.7 Å². The highest BCUT2D eigenvalue weighted by molar-refractivity contribution is 5.75. The number of carbonyl (C=O) groups excluding carboxylic acids is 1. The Morgan fingerprint density at radius 2 is 1.96 bits per heavy atom. The van der Waals surface area contributed by atoms with Crippen LogP contribution in [0.25, 0.3) is 0 Å². The van der Waals surface area contributed by atoms with E-state index in [9.17, 15) is 4.79 Å². The molecule has 2 aromatic rings. The van der Waals surface area contributed by atoms with Crippen molar-refractivity contribution in [2.24, 2.45) is 13.0 Å². The summed E-state index contributed by atoms with van der Waals surface area (Å²) in [6.45, 7) is 2.89. The summed E-state index contributed by atoms with van der Waals surface area (Å²) in [5.74, 6) is 2.31. The van der Waals surface area contributed by atoms with Crippen molar-refractivity contribution in [1.82, 2.24) is 29.7 Å². The molecule has 2 aromatic heterocycles. The van der Waals surface area contributed by atoms with Crippen LogP contribution in [0.4, 0.5) is 10.6 Å². The molecule has 3 heterocycles. The van der Waals surface area contributed by atoms with Crippen LogP contribution in [0.3, 0.4) is 0 Å². The van der Waals surface area contributed by atoms with Gasteiger partial charge in [0, 0.05) is 58.0 Å². The summed E-state index contributed by atoms with van der Waals surface area (Å²) in [6, 6.07) is 0.00390. The van der Waals surface area contributed by atoms with Gasteiger partial charge < -0.3 is 19.7 Å². The fraction of sp³-hybridized carbons (Fsp3) is 0.529. The largest absolute Gasteiger partial charge is 0.352 e. The minimum atomic E-state index is -0.00121. The predicted octanol–water partition coefficient (Wildman–Crippen LogP) is 1.19. The second-order valence-electron chi connectivity index (χ2n) is 6.70. The summed E-state index contributed by atoms with van der Waals surface area (Å²) < 4.78 is 2.00. The van der Waals surface area contributed by atoms with E-state index in [-0.39, 0.29) is 12.1 Å². The Hall–Kier alpha value is -2.64. The predicted molar refractivity (Wildman–Crippen MR) is 93.0 cm³/mol. The normalized spacial score (nSPS) is 18.9. The Morgan fingerprint density at radius 1 is 1.16 bits per heavy atom. The third-order valence-electron chi connectivity index (χ3n) is 4.95. The van der Waals surface area contributed by atoms with E-state index >= 15 is 0 Å². The molecule has 0 unspecified atom stereocenters.